The van der Waals surface area contributed by atoms with Crippen LogP contribution < -0.4 is 5.32 Å². The molecule has 1 atom stereocenters. The average Bonchev–Trinajstić information content (AvgIpc) is 2.96. The molecule has 1 nitrogen and oxygen atoms in total. The summed E-state index contributed by atoms with van der Waals surface area (Å²) in [5, 5.41) is 3.49. The Morgan fingerprint density at radius 3 is 2.81 bits per heavy atom. The molecule has 1 unspecified atom stereocenters. The third kappa shape index (κ3) is 2.97. The van der Waals surface area contributed by atoms with Crippen molar-refractivity contribution in [1.82, 2.24) is 5.32 Å². The van der Waals surface area contributed by atoms with E-state index in [2.05, 4.69) is 23.5 Å². The molecule has 0 aliphatic heterocycles. The fourth-order valence-corrected chi connectivity index (χ4v) is 3.32. The van der Waals surface area contributed by atoms with Crippen LogP contribution in [-0.4, -0.2) is 7.05 Å². The van der Waals surface area contributed by atoms with Gasteiger partial charge in [0.05, 0.1) is 5.02 Å². The largest absolute Gasteiger partial charge is 0.313 e. The van der Waals surface area contributed by atoms with Crippen LogP contribution >= 0.6 is 11.6 Å². The molecule has 0 saturated carbocycles. The predicted octanol–water partition coefficient (Wildman–Crippen LogP) is 4.47. The van der Waals surface area contributed by atoms with E-state index < -0.39 is 0 Å². The van der Waals surface area contributed by atoms with Gasteiger partial charge in [-0.1, -0.05) is 41.9 Å². The monoisotopic (exact) mass is 303 g/mol. The maximum atomic E-state index is 14.1. The summed E-state index contributed by atoms with van der Waals surface area (Å²) in [6, 6.07) is 11.9. The SMILES string of the molecule is CNC(Cc1cccc(Cl)c1F)c1ccc2c(c1)CCC2. The summed E-state index contributed by atoms with van der Waals surface area (Å²) in [5.74, 6) is -0.305. The van der Waals surface area contributed by atoms with Crippen molar-refractivity contribution in [2.45, 2.75) is 31.7 Å². The van der Waals surface area contributed by atoms with Gasteiger partial charge in [0.1, 0.15) is 5.82 Å². The van der Waals surface area contributed by atoms with Gasteiger partial charge in [0.25, 0.3) is 0 Å². The molecule has 0 amide bonds. The molecule has 3 heteroatoms. The lowest BCUT2D eigenvalue weighted by atomic mass is 9.96. The van der Waals surface area contributed by atoms with Gasteiger partial charge in [-0.25, -0.2) is 4.39 Å². The van der Waals surface area contributed by atoms with E-state index in [4.69, 9.17) is 11.6 Å². The third-order valence-electron chi connectivity index (χ3n) is 4.33. The Kier molecular flexibility index (Phi) is 4.27. The minimum absolute atomic E-state index is 0.101. The lowest BCUT2D eigenvalue weighted by Crippen LogP contribution is -2.19. The summed E-state index contributed by atoms with van der Waals surface area (Å²) in [4.78, 5) is 0. The molecule has 1 aliphatic rings. The summed E-state index contributed by atoms with van der Waals surface area (Å²) in [6.07, 6.45) is 4.18. The Labute approximate surface area is 130 Å². The molecular weight excluding hydrogens is 285 g/mol. The Morgan fingerprint density at radius 2 is 2.00 bits per heavy atom. The molecule has 21 heavy (non-hydrogen) atoms. The summed E-state index contributed by atoms with van der Waals surface area (Å²) in [7, 11) is 1.92. The number of nitrogens with one attached hydrogen (secondary N) is 1. The summed E-state index contributed by atoms with van der Waals surface area (Å²) < 4.78 is 14.1. The second-order valence-electron chi connectivity index (χ2n) is 5.64. The van der Waals surface area contributed by atoms with Crippen molar-refractivity contribution in [2.75, 3.05) is 7.05 Å². The predicted molar refractivity (Wildman–Crippen MR) is 85.4 cm³/mol. The molecule has 1 aliphatic carbocycles. The second kappa shape index (κ2) is 6.17. The first-order chi connectivity index (χ1) is 10.2. The highest BCUT2D eigenvalue weighted by atomic mass is 35.5. The van der Waals surface area contributed by atoms with Crippen LogP contribution in [-0.2, 0) is 19.3 Å². The van der Waals surface area contributed by atoms with E-state index in [-0.39, 0.29) is 16.9 Å². The Hall–Kier alpha value is -1.38. The number of rotatable bonds is 4. The highest BCUT2D eigenvalue weighted by Gasteiger charge is 2.17. The minimum Gasteiger partial charge on any atom is -0.313 e. The number of likely N-dealkylation sites (N-methyl/N-ethyl adjacent to an activating group) is 1. The fraction of sp³-hybridized carbons (Fsp3) is 0.333. The average molecular weight is 304 g/mol. The first kappa shape index (κ1) is 14.6. The van der Waals surface area contributed by atoms with Gasteiger partial charge in [0.15, 0.2) is 0 Å². The minimum atomic E-state index is -0.305. The van der Waals surface area contributed by atoms with Crippen molar-refractivity contribution in [3.8, 4) is 0 Å². The van der Waals surface area contributed by atoms with Gasteiger partial charge in [-0.15, -0.1) is 0 Å². The molecule has 0 fully saturated rings. The van der Waals surface area contributed by atoms with Crippen molar-refractivity contribution >= 4 is 11.6 Å². The third-order valence-corrected chi connectivity index (χ3v) is 4.62. The number of halogens is 2. The van der Waals surface area contributed by atoms with Crippen LogP contribution in [0.5, 0.6) is 0 Å². The van der Waals surface area contributed by atoms with Gasteiger partial charge in [0, 0.05) is 6.04 Å². The maximum absolute atomic E-state index is 14.1. The van der Waals surface area contributed by atoms with Crippen LogP contribution in [0.3, 0.4) is 0 Å². The van der Waals surface area contributed by atoms with E-state index in [9.17, 15) is 4.39 Å². The van der Waals surface area contributed by atoms with E-state index in [0.29, 0.717) is 12.0 Å². The van der Waals surface area contributed by atoms with E-state index in [0.717, 1.165) is 6.42 Å². The van der Waals surface area contributed by atoms with E-state index in [1.54, 1.807) is 18.2 Å². The molecule has 2 aromatic carbocycles. The van der Waals surface area contributed by atoms with Gasteiger partial charge in [-0.3, -0.25) is 0 Å². The summed E-state index contributed by atoms with van der Waals surface area (Å²) in [6.45, 7) is 0. The quantitative estimate of drug-likeness (QED) is 0.878. The zero-order valence-corrected chi connectivity index (χ0v) is 12.9. The molecule has 0 aromatic heterocycles. The van der Waals surface area contributed by atoms with Gasteiger partial charge < -0.3 is 5.32 Å². The summed E-state index contributed by atoms with van der Waals surface area (Å²) in [5.41, 5.74) is 4.78. The van der Waals surface area contributed by atoms with Crippen molar-refractivity contribution < 1.29 is 4.39 Å². The number of hydrogen-bond donors (Lipinski definition) is 1. The molecule has 0 saturated heterocycles. The smallest absolute Gasteiger partial charge is 0.145 e. The molecular formula is C18H19ClFN. The number of hydrogen-bond acceptors (Lipinski definition) is 1. The van der Waals surface area contributed by atoms with Gasteiger partial charge in [0.2, 0.25) is 0 Å². The van der Waals surface area contributed by atoms with Crippen molar-refractivity contribution in [1.29, 1.82) is 0 Å². The van der Waals surface area contributed by atoms with E-state index >= 15 is 0 Å². The highest BCUT2D eigenvalue weighted by Crippen LogP contribution is 2.28. The van der Waals surface area contributed by atoms with E-state index in [1.807, 2.05) is 7.05 Å². The Balaban J connectivity index is 1.87. The number of aryl methyl sites for hydroxylation is 2. The molecule has 0 spiro atoms. The van der Waals surface area contributed by atoms with Crippen LogP contribution in [0.4, 0.5) is 4.39 Å². The molecule has 2 aromatic rings. The lowest BCUT2D eigenvalue weighted by Gasteiger charge is -2.18. The molecule has 0 heterocycles. The van der Waals surface area contributed by atoms with Crippen molar-refractivity contribution in [3.63, 3.8) is 0 Å². The zero-order chi connectivity index (χ0) is 14.8. The molecule has 1 N–H and O–H groups in total. The second-order valence-corrected chi connectivity index (χ2v) is 6.05. The molecule has 0 radical (unpaired) electrons. The topological polar surface area (TPSA) is 12.0 Å². The van der Waals surface area contributed by atoms with Crippen molar-refractivity contribution in [2.24, 2.45) is 0 Å². The standard InChI is InChI=1S/C18H19ClFN/c1-21-17(11-15-6-3-7-16(19)18(15)20)14-9-8-12-4-2-5-13(12)10-14/h3,6-10,17,21H,2,4-5,11H2,1H3. The Morgan fingerprint density at radius 1 is 1.19 bits per heavy atom. The number of benzene rings is 2. The van der Waals surface area contributed by atoms with Gasteiger partial charge >= 0.3 is 0 Å². The number of fused-ring (bicyclic) bond motifs is 1. The molecule has 110 valence electrons. The molecule has 3 rings (SSSR count). The highest BCUT2D eigenvalue weighted by molar-refractivity contribution is 6.30. The van der Waals surface area contributed by atoms with Crippen LogP contribution in [0.15, 0.2) is 36.4 Å². The van der Waals surface area contributed by atoms with E-state index in [1.165, 1.54) is 29.5 Å². The fourth-order valence-electron chi connectivity index (χ4n) is 3.12. The van der Waals surface area contributed by atoms with Gasteiger partial charge in [-0.05, 0) is 61.1 Å². The first-order valence-corrected chi connectivity index (χ1v) is 7.78. The van der Waals surface area contributed by atoms with Crippen LogP contribution in [0.25, 0.3) is 0 Å². The normalized spacial score (nSPS) is 15.0. The maximum Gasteiger partial charge on any atom is 0.145 e. The lowest BCUT2D eigenvalue weighted by molar-refractivity contribution is 0.554. The first-order valence-electron chi connectivity index (χ1n) is 7.41. The van der Waals surface area contributed by atoms with Crippen molar-refractivity contribution in [3.05, 3.63) is 69.5 Å². The zero-order valence-electron chi connectivity index (χ0n) is 12.1. The summed E-state index contributed by atoms with van der Waals surface area (Å²) >= 11 is 5.87. The van der Waals surface area contributed by atoms with Crippen LogP contribution in [0.2, 0.25) is 5.02 Å². The van der Waals surface area contributed by atoms with Crippen LogP contribution in [0.1, 0.15) is 34.7 Å². The van der Waals surface area contributed by atoms with Gasteiger partial charge in [-0.2, -0.15) is 0 Å². The molecule has 0 bridgehead atoms. The van der Waals surface area contributed by atoms with Crippen LogP contribution in [0, 0.1) is 5.82 Å². The Bertz CT molecular complexity index is 654.